The summed E-state index contributed by atoms with van der Waals surface area (Å²) in [7, 11) is 0. The summed E-state index contributed by atoms with van der Waals surface area (Å²) in [5.74, 6) is -2.56. The number of carboxylic acids is 1. The van der Waals surface area contributed by atoms with Gasteiger partial charge in [-0.3, -0.25) is 14.4 Å². The number of carbonyl (C=O) groups excluding carboxylic acids is 3. The Bertz CT molecular complexity index is 779. The first-order chi connectivity index (χ1) is 13.7. The van der Waals surface area contributed by atoms with Gasteiger partial charge in [-0.1, -0.05) is 26.0 Å². The molecule has 3 atom stereocenters. The Morgan fingerprint density at radius 2 is 1.83 bits per heavy atom. The van der Waals surface area contributed by atoms with E-state index in [9.17, 15) is 24.3 Å². The molecule has 1 aromatic rings. The predicted octanol–water partition coefficient (Wildman–Crippen LogP) is 0.688. The van der Waals surface area contributed by atoms with E-state index in [4.69, 9.17) is 4.74 Å². The summed E-state index contributed by atoms with van der Waals surface area (Å²) >= 11 is 0. The smallest absolute Gasteiger partial charge is 0.326 e. The van der Waals surface area contributed by atoms with E-state index in [1.807, 2.05) is 0 Å². The van der Waals surface area contributed by atoms with Crippen molar-refractivity contribution in [1.82, 2.24) is 16.0 Å². The van der Waals surface area contributed by atoms with E-state index >= 15 is 0 Å². The highest BCUT2D eigenvalue weighted by Gasteiger charge is 2.28. The van der Waals surface area contributed by atoms with Crippen molar-refractivity contribution in [3.8, 4) is 5.75 Å². The van der Waals surface area contributed by atoms with Gasteiger partial charge in [-0.2, -0.15) is 0 Å². The van der Waals surface area contributed by atoms with E-state index in [0.717, 1.165) is 0 Å². The van der Waals surface area contributed by atoms with Crippen molar-refractivity contribution < 1.29 is 29.0 Å². The fraction of sp³-hybridized carbons (Fsp3) is 0.500. The molecule has 4 N–H and O–H groups in total. The molecule has 1 aromatic carbocycles. The number of nitrogens with one attached hydrogen (secondary N) is 3. The van der Waals surface area contributed by atoms with Crippen LogP contribution in [0.15, 0.2) is 24.3 Å². The molecule has 0 radical (unpaired) electrons. The van der Waals surface area contributed by atoms with Gasteiger partial charge in [-0.15, -0.1) is 0 Å². The molecule has 0 saturated heterocycles. The van der Waals surface area contributed by atoms with Gasteiger partial charge in [0.25, 0.3) is 5.91 Å². The first kappa shape index (κ1) is 22.2. The number of aliphatic carboxylic acids is 1. The Kier molecular flexibility index (Phi) is 7.58. The van der Waals surface area contributed by atoms with Gasteiger partial charge in [-0.05, 0) is 31.4 Å². The maximum atomic E-state index is 12.6. The van der Waals surface area contributed by atoms with Gasteiger partial charge in [0, 0.05) is 6.42 Å². The van der Waals surface area contributed by atoms with Crippen LogP contribution in [-0.4, -0.2) is 53.5 Å². The Labute approximate surface area is 169 Å². The number of benzene rings is 1. The lowest BCUT2D eigenvalue weighted by Crippen LogP contribution is -2.52. The van der Waals surface area contributed by atoms with Crippen molar-refractivity contribution in [2.45, 2.75) is 51.7 Å². The predicted molar refractivity (Wildman–Crippen MR) is 104 cm³/mol. The van der Waals surface area contributed by atoms with E-state index in [0.29, 0.717) is 0 Å². The first-order valence-corrected chi connectivity index (χ1v) is 9.54. The average molecular weight is 405 g/mol. The standard InChI is InChI=1S/C20H27N3O6/c1-11(2)17-19(26)21-12(3)10-29-15-7-5-4-6-13(15)18(25)22-14(20(27)28)8-9-16(24)23-17/h4-7,11-12,14,17H,8-10H2,1-3H3,(H,21,26)(H,22,25)(H,23,24)(H,27,28)/t12-,14-,17+/m0/s1. The van der Waals surface area contributed by atoms with E-state index in [1.165, 1.54) is 6.07 Å². The van der Waals surface area contributed by atoms with Gasteiger partial charge in [-0.25, -0.2) is 4.79 Å². The molecule has 158 valence electrons. The molecular formula is C20H27N3O6. The minimum absolute atomic E-state index is 0.0944. The monoisotopic (exact) mass is 405 g/mol. The molecule has 1 heterocycles. The second-order valence-corrected chi connectivity index (χ2v) is 7.41. The summed E-state index contributed by atoms with van der Waals surface area (Å²) in [5, 5.41) is 17.3. The molecule has 29 heavy (non-hydrogen) atoms. The maximum absolute atomic E-state index is 12.6. The minimum atomic E-state index is -1.25. The summed E-state index contributed by atoms with van der Waals surface area (Å²) in [6.45, 7) is 5.45. The number of amides is 3. The number of hydrogen-bond acceptors (Lipinski definition) is 5. The molecule has 2 rings (SSSR count). The molecule has 0 spiro atoms. The Hall–Kier alpha value is -3.10. The summed E-state index contributed by atoms with van der Waals surface area (Å²) in [6.07, 6.45) is -0.264. The zero-order valence-electron chi connectivity index (χ0n) is 16.7. The third-order valence-electron chi connectivity index (χ3n) is 4.54. The summed E-state index contributed by atoms with van der Waals surface area (Å²) in [5.41, 5.74) is 0.177. The van der Waals surface area contributed by atoms with Crippen LogP contribution in [0.3, 0.4) is 0 Å². The largest absolute Gasteiger partial charge is 0.491 e. The van der Waals surface area contributed by atoms with Gasteiger partial charge in [0.1, 0.15) is 24.4 Å². The fourth-order valence-electron chi connectivity index (χ4n) is 2.92. The molecule has 0 unspecified atom stereocenters. The van der Waals surface area contributed by atoms with Crippen LogP contribution in [0, 0.1) is 5.92 Å². The van der Waals surface area contributed by atoms with Gasteiger partial charge in [0.15, 0.2) is 0 Å². The highest BCUT2D eigenvalue weighted by atomic mass is 16.5. The number of hydrogen-bond donors (Lipinski definition) is 4. The number of ether oxygens (including phenoxy) is 1. The van der Waals surface area contributed by atoms with Crippen molar-refractivity contribution >= 4 is 23.7 Å². The minimum Gasteiger partial charge on any atom is -0.491 e. The van der Waals surface area contributed by atoms with Gasteiger partial charge >= 0.3 is 5.97 Å². The molecule has 1 aliphatic heterocycles. The molecule has 9 heteroatoms. The van der Waals surface area contributed by atoms with Crippen LogP contribution in [0.5, 0.6) is 5.75 Å². The maximum Gasteiger partial charge on any atom is 0.326 e. The molecule has 9 nitrogen and oxygen atoms in total. The normalized spacial score (nSPS) is 24.1. The lowest BCUT2D eigenvalue weighted by molar-refractivity contribution is -0.139. The molecule has 0 aliphatic carbocycles. The average Bonchev–Trinajstić information content (AvgIpc) is 2.66. The summed E-state index contributed by atoms with van der Waals surface area (Å²) < 4.78 is 5.70. The summed E-state index contributed by atoms with van der Waals surface area (Å²) in [4.78, 5) is 49.0. The highest BCUT2D eigenvalue weighted by molar-refractivity contribution is 5.99. The van der Waals surface area contributed by atoms with Crippen LogP contribution < -0.4 is 20.7 Å². The molecule has 3 amide bonds. The van der Waals surface area contributed by atoms with Gasteiger partial charge in [0.05, 0.1) is 11.6 Å². The number of carbonyl (C=O) groups is 4. The number of carboxylic acid groups (broad SMARTS) is 1. The van der Waals surface area contributed by atoms with Crippen molar-refractivity contribution in [3.05, 3.63) is 29.8 Å². The zero-order chi connectivity index (χ0) is 21.6. The van der Waals surface area contributed by atoms with Crippen molar-refractivity contribution in [2.24, 2.45) is 5.92 Å². The first-order valence-electron chi connectivity index (χ1n) is 9.54. The van der Waals surface area contributed by atoms with Crippen molar-refractivity contribution in [1.29, 1.82) is 0 Å². The van der Waals surface area contributed by atoms with Crippen LogP contribution in [-0.2, 0) is 14.4 Å². The lowest BCUT2D eigenvalue weighted by atomic mass is 10.0. The number of fused-ring (bicyclic) bond motifs is 1. The third kappa shape index (κ3) is 6.20. The molecular weight excluding hydrogens is 378 g/mol. The van der Waals surface area contributed by atoms with E-state index < -0.39 is 29.9 Å². The Balaban J connectivity index is 2.32. The Morgan fingerprint density at radius 3 is 2.48 bits per heavy atom. The van der Waals surface area contributed by atoms with E-state index in [1.54, 1.807) is 39.0 Å². The number of rotatable bonds is 2. The van der Waals surface area contributed by atoms with Crippen LogP contribution in [0.25, 0.3) is 0 Å². The number of para-hydroxylation sites is 1. The second kappa shape index (κ2) is 9.90. The van der Waals surface area contributed by atoms with Crippen molar-refractivity contribution in [3.63, 3.8) is 0 Å². The van der Waals surface area contributed by atoms with Crippen LogP contribution in [0.4, 0.5) is 0 Å². The second-order valence-electron chi connectivity index (χ2n) is 7.41. The summed E-state index contributed by atoms with van der Waals surface area (Å²) in [6, 6.07) is 4.05. The van der Waals surface area contributed by atoms with Gasteiger partial charge < -0.3 is 25.8 Å². The highest BCUT2D eigenvalue weighted by Crippen LogP contribution is 2.19. The topological polar surface area (TPSA) is 134 Å². The zero-order valence-corrected chi connectivity index (χ0v) is 16.7. The molecule has 1 aliphatic rings. The van der Waals surface area contributed by atoms with Crippen LogP contribution >= 0.6 is 0 Å². The molecule has 0 saturated carbocycles. The molecule has 0 fully saturated rings. The van der Waals surface area contributed by atoms with E-state index in [2.05, 4.69) is 16.0 Å². The van der Waals surface area contributed by atoms with Crippen LogP contribution in [0.1, 0.15) is 44.0 Å². The lowest BCUT2D eigenvalue weighted by Gasteiger charge is -2.24. The SMILES string of the molecule is CC(C)[C@H]1NC(=O)CC[C@@H](C(=O)O)NC(=O)c2ccccc2OC[C@H](C)NC1=O. The third-order valence-corrected chi connectivity index (χ3v) is 4.54. The van der Waals surface area contributed by atoms with Crippen molar-refractivity contribution in [2.75, 3.05) is 6.61 Å². The quantitative estimate of drug-likeness (QED) is 0.572. The van der Waals surface area contributed by atoms with Gasteiger partial charge in [0.2, 0.25) is 11.8 Å². The Morgan fingerprint density at radius 1 is 1.14 bits per heavy atom. The van der Waals surface area contributed by atoms with Crippen LogP contribution in [0.2, 0.25) is 0 Å². The van der Waals surface area contributed by atoms with E-state index in [-0.39, 0.29) is 48.6 Å². The molecule has 0 bridgehead atoms. The fourth-order valence-corrected chi connectivity index (χ4v) is 2.92. The molecule has 0 aromatic heterocycles.